The van der Waals surface area contributed by atoms with Crippen molar-refractivity contribution >= 4 is 0 Å². The fraction of sp³-hybridized carbons (Fsp3) is 1.00. The van der Waals surface area contributed by atoms with Crippen LogP contribution < -0.4 is 5.32 Å². The van der Waals surface area contributed by atoms with E-state index >= 15 is 0 Å². The fourth-order valence-electron chi connectivity index (χ4n) is 3.69. The number of piperazine rings is 1. The molecule has 0 aromatic heterocycles. The molecule has 3 nitrogen and oxygen atoms in total. The van der Waals surface area contributed by atoms with Gasteiger partial charge in [0.2, 0.25) is 0 Å². The summed E-state index contributed by atoms with van der Waals surface area (Å²) in [6, 6.07) is 2.30. The zero-order valence-electron chi connectivity index (χ0n) is 13.4. The maximum Gasteiger partial charge on any atom is 0.0224 e. The lowest BCUT2D eigenvalue weighted by molar-refractivity contribution is 0.0307. The predicted octanol–water partition coefficient (Wildman–Crippen LogP) is 2.18. The summed E-state index contributed by atoms with van der Waals surface area (Å²) in [6.45, 7) is 15.6. The van der Waals surface area contributed by atoms with E-state index in [1.54, 1.807) is 0 Å². The summed E-state index contributed by atoms with van der Waals surface area (Å²) >= 11 is 0. The molecule has 19 heavy (non-hydrogen) atoms. The van der Waals surface area contributed by atoms with Crippen LogP contribution in [0, 0.1) is 5.92 Å². The molecule has 112 valence electrons. The van der Waals surface area contributed by atoms with Crippen LogP contribution in [0.3, 0.4) is 0 Å². The molecule has 0 aromatic rings. The Kier molecular flexibility index (Phi) is 5.67. The minimum atomic E-state index is 0.720. The Bertz CT molecular complexity index is 267. The van der Waals surface area contributed by atoms with Crippen molar-refractivity contribution in [3.8, 4) is 0 Å². The van der Waals surface area contributed by atoms with E-state index in [0.29, 0.717) is 0 Å². The highest BCUT2D eigenvalue weighted by atomic mass is 15.3. The zero-order chi connectivity index (χ0) is 13.8. The highest BCUT2D eigenvalue weighted by Crippen LogP contribution is 2.26. The Balaban J connectivity index is 1.73. The molecule has 0 bridgehead atoms. The molecule has 2 fully saturated rings. The van der Waals surface area contributed by atoms with Gasteiger partial charge in [-0.2, -0.15) is 0 Å². The van der Waals surface area contributed by atoms with Crippen LogP contribution >= 0.6 is 0 Å². The summed E-state index contributed by atoms with van der Waals surface area (Å²) in [5, 5.41) is 3.58. The van der Waals surface area contributed by atoms with Gasteiger partial charge in [0.15, 0.2) is 0 Å². The predicted molar refractivity (Wildman–Crippen MR) is 82.5 cm³/mol. The van der Waals surface area contributed by atoms with E-state index in [4.69, 9.17) is 0 Å². The normalized spacial score (nSPS) is 30.8. The van der Waals surface area contributed by atoms with Crippen molar-refractivity contribution in [2.75, 3.05) is 32.7 Å². The minimum Gasteiger partial charge on any atom is -0.316 e. The van der Waals surface area contributed by atoms with Crippen LogP contribution in [0.4, 0.5) is 0 Å². The SMILES string of the molecule is CC(C)CNCCC(C)N1CC2CCCN2CC1C. The van der Waals surface area contributed by atoms with Crippen LogP contribution in [0.15, 0.2) is 0 Å². The van der Waals surface area contributed by atoms with Gasteiger partial charge in [-0.1, -0.05) is 13.8 Å². The van der Waals surface area contributed by atoms with Crippen LogP contribution in [-0.2, 0) is 0 Å². The van der Waals surface area contributed by atoms with Crippen molar-refractivity contribution in [1.29, 1.82) is 0 Å². The van der Waals surface area contributed by atoms with Gasteiger partial charge in [-0.3, -0.25) is 9.80 Å². The second-order valence-corrected chi connectivity index (χ2v) is 7.07. The first-order valence-corrected chi connectivity index (χ1v) is 8.28. The van der Waals surface area contributed by atoms with Crippen LogP contribution in [0.1, 0.15) is 47.0 Å². The Morgan fingerprint density at radius 1 is 1.21 bits per heavy atom. The molecule has 2 aliphatic rings. The van der Waals surface area contributed by atoms with E-state index in [0.717, 1.165) is 37.1 Å². The topological polar surface area (TPSA) is 18.5 Å². The molecule has 3 unspecified atom stereocenters. The standard InChI is InChI=1S/C16H33N3/c1-13(2)10-17-8-7-14(3)19-12-16-6-5-9-18(16)11-15(19)4/h13-17H,5-12H2,1-4H3. The van der Waals surface area contributed by atoms with Crippen LogP contribution in [0.5, 0.6) is 0 Å². The maximum absolute atomic E-state index is 3.58. The highest BCUT2D eigenvalue weighted by Gasteiger charge is 2.35. The van der Waals surface area contributed by atoms with Crippen LogP contribution in [-0.4, -0.2) is 60.6 Å². The third kappa shape index (κ3) is 4.17. The van der Waals surface area contributed by atoms with Crippen molar-refractivity contribution in [1.82, 2.24) is 15.1 Å². The van der Waals surface area contributed by atoms with Gasteiger partial charge in [0.1, 0.15) is 0 Å². The summed E-state index contributed by atoms with van der Waals surface area (Å²) in [7, 11) is 0. The van der Waals surface area contributed by atoms with Gasteiger partial charge in [0, 0.05) is 31.2 Å². The number of rotatable bonds is 6. The van der Waals surface area contributed by atoms with Gasteiger partial charge in [-0.15, -0.1) is 0 Å². The Labute approximate surface area is 119 Å². The van der Waals surface area contributed by atoms with E-state index in [2.05, 4.69) is 42.8 Å². The fourth-order valence-corrected chi connectivity index (χ4v) is 3.69. The van der Waals surface area contributed by atoms with Crippen molar-refractivity contribution < 1.29 is 0 Å². The zero-order valence-corrected chi connectivity index (χ0v) is 13.4. The van der Waals surface area contributed by atoms with Crippen LogP contribution in [0.2, 0.25) is 0 Å². The number of nitrogens with zero attached hydrogens (tertiary/aromatic N) is 2. The summed E-state index contributed by atoms with van der Waals surface area (Å²) in [4.78, 5) is 5.47. The second-order valence-electron chi connectivity index (χ2n) is 7.07. The van der Waals surface area contributed by atoms with Gasteiger partial charge in [0.05, 0.1) is 0 Å². The monoisotopic (exact) mass is 267 g/mol. The van der Waals surface area contributed by atoms with Gasteiger partial charge >= 0.3 is 0 Å². The quantitative estimate of drug-likeness (QED) is 0.744. The molecule has 0 aliphatic carbocycles. The van der Waals surface area contributed by atoms with E-state index < -0.39 is 0 Å². The molecule has 0 saturated carbocycles. The van der Waals surface area contributed by atoms with Crippen molar-refractivity contribution in [2.45, 2.75) is 65.1 Å². The largest absolute Gasteiger partial charge is 0.316 e. The van der Waals surface area contributed by atoms with Crippen LogP contribution in [0.25, 0.3) is 0 Å². The average Bonchev–Trinajstić information content (AvgIpc) is 2.80. The van der Waals surface area contributed by atoms with Crippen molar-refractivity contribution in [2.24, 2.45) is 5.92 Å². The minimum absolute atomic E-state index is 0.720. The molecule has 0 amide bonds. The second kappa shape index (κ2) is 7.05. The molecular formula is C16H33N3. The number of hydrogen-bond donors (Lipinski definition) is 1. The van der Waals surface area contributed by atoms with Gasteiger partial charge in [-0.05, 0) is 58.7 Å². The lowest BCUT2D eigenvalue weighted by atomic mass is 10.0. The molecule has 2 heterocycles. The first kappa shape index (κ1) is 15.3. The molecule has 3 atom stereocenters. The van der Waals surface area contributed by atoms with E-state index in [1.165, 1.54) is 38.9 Å². The van der Waals surface area contributed by atoms with Gasteiger partial charge in [-0.25, -0.2) is 0 Å². The Hall–Kier alpha value is -0.120. The van der Waals surface area contributed by atoms with Crippen molar-refractivity contribution in [3.63, 3.8) is 0 Å². The first-order valence-electron chi connectivity index (χ1n) is 8.28. The molecule has 0 spiro atoms. The summed E-state index contributed by atoms with van der Waals surface area (Å²) in [5.41, 5.74) is 0. The molecule has 0 radical (unpaired) electrons. The summed E-state index contributed by atoms with van der Waals surface area (Å²) < 4.78 is 0. The van der Waals surface area contributed by atoms with E-state index in [9.17, 15) is 0 Å². The third-order valence-electron chi connectivity index (χ3n) is 4.84. The smallest absolute Gasteiger partial charge is 0.0224 e. The maximum atomic E-state index is 3.58. The van der Waals surface area contributed by atoms with Gasteiger partial charge < -0.3 is 5.32 Å². The Morgan fingerprint density at radius 3 is 2.74 bits per heavy atom. The molecule has 2 saturated heterocycles. The van der Waals surface area contributed by atoms with Crippen molar-refractivity contribution in [3.05, 3.63) is 0 Å². The summed E-state index contributed by atoms with van der Waals surface area (Å²) in [6.07, 6.45) is 4.11. The average molecular weight is 267 g/mol. The molecule has 1 N–H and O–H groups in total. The Morgan fingerprint density at radius 2 is 2.00 bits per heavy atom. The lowest BCUT2D eigenvalue weighted by Gasteiger charge is -2.45. The van der Waals surface area contributed by atoms with E-state index in [1.807, 2.05) is 0 Å². The van der Waals surface area contributed by atoms with E-state index in [-0.39, 0.29) is 0 Å². The number of fused-ring (bicyclic) bond motifs is 1. The molecule has 2 aliphatic heterocycles. The molecular weight excluding hydrogens is 234 g/mol. The molecule has 3 heteroatoms. The first-order chi connectivity index (χ1) is 9.08. The highest BCUT2D eigenvalue weighted by molar-refractivity contribution is 4.92. The van der Waals surface area contributed by atoms with Gasteiger partial charge in [0.25, 0.3) is 0 Å². The molecule has 2 rings (SSSR count). The lowest BCUT2D eigenvalue weighted by Crippen LogP contribution is -2.57. The number of hydrogen-bond acceptors (Lipinski definition) is 3. The third-order valence-corrected chi connectivity index (χ3v) is 4.84. The summed E-state index contributed by atoms with van der Waals surface area (Å²) in [5.74, 6) is 0.760. The molecule has 0 aromatic carbocycles. The number of nitrogens with one attached hydrogen (secondary N) is 1.